The molecule has 1 aromatic carbocycles. The highest BCUT2D eigenvalue weighted by Gasteiger charge is 2.15. The van der Waals surface area contributed by atoms with Gasteiger partial charge in [0, 0.05) is 34.9 Å². The number of hydrogen-bond acceptors (Lipinski definition) is 4. The number of carboxylic acids is 1. The van der Waals surface area contributed by atoms with E-state index in [4.69, 9.17) is 0 Å². The number of para-hydroxylation sites is 1. The number of aryl methyl sites for hydroxylation is 1. The summed E-state index contributed by atoms with van der Waals surface area (Å²) in [6.07, 6.45) is 4.61. The lowest BCUT2D eigenvalue weighted by Crippen LogP contribution is -2.17. The lowest BCUT2D eigenvalue weighted by molar-refractivity contribution is 0.0696. The Bertz CT molecular complexity index is 1020. The van der Waals surface area contributed by atoms with Crippen LogP contribution in [0.4, 0.5) is 0 Å². The van der Waals surface area contributed by atoms with Gasteiger partial charge in [0.1, 0.15) is 0 Å². The highest BCUT2D eigenvalue weighted by molar-refractivity contribution is 5.95. The summed E-state index contributed by atoms with van der Waals surface area (Å²) in [5, 5.41) is 13.4. The number of rotatable bonds is 5. The monoisotopic (exact) mass is 362 g/mol. The number of carbonyl (C=O) groups excluding carboxylic acids is 1. The molecule has 2 N–H and O–H groups in total. The summed E-state index contributed by atoms with van der Waals surface area (Å²) in [7, 11) is 0. The van der Waals surface area contributed by atoms with Gasteiger partial charge in [-0.05, 0) is 44.2 Å². The van der Waals surface area contributed by atoms with Crippen LogP contribution in [0.25, 0.3) is 5.69 Å². The average Bonchev–Trinajstić information content (AvgIpc) is 2.95. The van der Waals surface area contributed by atoms with Gasteiger partial charge in [-0.25, -0.2) is 10.2 Å². The van der Waals surface area contributed by atoms with Crippen molar-refractivity contribution in [1.82, 2.24) is 15.0 Å². The Kier molecular flexibility index (Phi) is 5.12. The Balaban J connectivity index is 1.87. The van der Waals surface area contributed by atoms with Gasteiger partial charge >= 0.3 is 5.97 Å². The van der Waals surface area contributed by atoms with Gasteiger partial charge in [0.25, 0.3) is 5.91 Å². The highest BCUT2D eigenvalue weighted by atomic mass is 16.4. The van der Waals surface area contributed by atoms with E-state index in [2.05, 4.69) is 15.5 Å². The van der Waals surface area contributed by atoms with Crippen LogP contribution < -0.4 is 5.43 Å². The molecule has 2 aromatic heterocycles. The van der Waals surface area contributed by atoms with E-state index in [9.17, 15) is 14.7 Å². The lowest BCUT2D eigenvalue weighted by Gasteiger charge is -2.12. The van der Waals surface area contributed by atoms with E-state index in [0.29, 0.717) is 11.3 Å². The molecule has 1 amide bonds. The van der Waals surface area contributed by atoms with E-state index in [1.54, 1.807) is 42.6 Å². The van der Waals surface area contributed by atoms with Crippen molar-refractivity contribution in [1.29, 1.82) is 0 Å². The van der Waals surface area contributed by atoms with E-state index in [1.165, 1.54) is 12.4 Å². The largest absolute Gasteiger partial charge is 0.478 e. The maximum atomic E-state index is 12.0. The quantitative estimate of drug-likeness (QED) is 0.539. The standard InChI is InChI=1S/C20H18N4O3/c1-13-11-16(12-22-23-19(25)15-7-9-21-10-8-15)14(2)24(13)18-6-4-3-5-17(18)20(26)27/h3-12H,1-2H3,(H,23,25)(H,26,27)/b22-12-. The van der Waals surface area contributed by atoms with E-state index in [-0.39, 0.29) is 11.5 Å². The van der Waals surface area contributed by atoms with Crippen molar-refractivity contribution in [3.63, 3.8) is 0 Å². The van der Waals surface area contributed by atoms with Crippen LogP contribution >= 0.6 is 0 Å². The smallest absolute Gasteiger partial charge is 0.337 e. The first-order chi connectivity index (χ1) is 13.0. The topological polar surface area (TPSA) is 96.6 Å². The number of hydrogen-bond donors (Lipinski definition) is 2. The van der Waals surface area contributed by atoms with Gasteiger partial charge in [0.2, 0.25) is 0 Å². The van der Waals surface area contributed by atoms with Gasteiger partial charge in [-0.2, -0.15) is 5.10 Å². The van der Waals surface area contributed by atoms with Crippen LogP contribution in [0.5, 0.6) is 0 Å². The maximum absolute atomic E-state index is 12.0. The molecule has 0 radical (unpaired) electrons. The zero-order chi connectivity index (χ0) is 19.4. The summed E-state index contributed by atoms with van der Waals surface area (Å²) in [5.74, 6) is -1.32. The van der Waals surface area contributed by atoms with Gasteiger partial charge in [-0.1, -0.05) is 12.1 Å². The van der Waals surface area contributed by atoms with Gasteiger partial charge in [0.15, 0.2) is 0 Å². The SMILES string of the molecule is Cc1cc(/C=N\NC(=O)c2ccncc2)c(C)n1-c1ccccc1C(=O)O. The zero-order valence-electron chi connectivity index (χ0n) is 14.9. The second kappa shape index (κ2) is 7.65. The molecule has 0 atom stereocenters. The third-order valence-electron chi connectivity index (χ3n) is 4.16. The van der Waals surface area contributed by atoms with E-state index >= 15 is 0 Å². The van der Waals surface area contributed by atoms with Crippen LogP contribution in [0.15, 0.2) is 60.0 Å². The summed E-state index contributed by atoms with van der Waals surface area (Å²) in [6.45, 7) is 3.76. The molecule has 7 nitrogen and oxygen atoms in total. The van der Waals surface area contributed by atoms with Gasteiger partial charge in [-0.3, -0.25) is 9.78 Å². The molecule has 0 saturated carbocycles. The van der Waals surface area contributed by atoms with Gasteiger partial charge in [0.05, 0.1) is 17.5 Å². The fourth-order valence-corrected chi connectivity index (χ4v) is 2.87. The van der Waals surface area contributed by atoms with E-state index < -0.39 is 5.97 Å². The Morgan fingerprint density at radius 3 is 2.56 bits per heavy atom. The molecule has 136 valence electrons. The molecule has 0 aliphatic carbocycles. The number of aromatic nitrogens is 2. The molecular weight excluding hydrogens is 344 g/mol. The van der Waals surface area contributed by atoms with Crippen molar-refractivity contribution < 1.29 is 14.7 Å². The van der Waals surface area contributed by atoms with Crippen molar-refractivity contribution >= 4 is 18.1 Å². The molecule has 27 heavy (non-hydrogen) atoms. The van der Waals surface area contributed by atoms with Crippen LogP contribution in [-0.2, 0) is 0 Å². The Morgan fingerprint density at radius 2 is 1.85 bits per heavy atom. The molecule has 2 heterocycles. The summed E-state index contributed by atoms with van der Waals surface area (Å²) in [4.78, 5) is 27.4. The molecule has 0 saturated heterocycles. The summed E-state index contributed by atoms with van der Waals surface area (Å²) < 4.78 is 1.86. The Morgan fingerprint density at radius 1 is 1.15 bits per heavy atom. The summed E-state index contributed by atoms with van der Waals surface area (Å²) >= 11 is 0. The number of hydrazone groups is 1. The number of pyridine rings is 1. The second-order valence-electron chi connectivity index (χ2n) is 5.92. The van der Waals surface area contributed by atoms with Crippen LogP contribution in [-0.4, -0.2) is 32.7 Å². The average molecular weight is 362 g/mol. The third-order valence-corrected chi connectivity index (χ3v) is 4.16. The van der Waals surface area contributed by atoms with Crippen molar-refractivity contribution in [2.45, 2.75) is 13.8 Å². The van der Waals surface area contributed by atoms with Crippen molar-refractivity contribution in [2.75, 3.05) is 0 Å². The predicted molar refractivity (Wildman–Crippen MR) is 101 cm³/mol. The molecule has 0 fully saturated rings. The molecule has 0 aliphatic rings. The minimum atomic E-state index is -0.988. The fourth-order valence-electron chi connectivity index (χ4n) is 2.87. The molecular formula is C20H18N4O3. The number of nitrogens with one attached hydrogen (secondary N) is 1. The van der Waals surface area contributed by atoms with Crippen LogP contribution in [0, 0.1) is 13.8 Å². The van der Waals surface area contributed by atoms with E-state index in [1.807, 2.05) is 24.5 Å². The third kappa shape index (κ3) is 3.77. The molecule has 0 unspecified atom stereocenters. The van der Waals surface area contributed by atoms with Crippen molar-refractivity contribution in [3.05, 3.63) is 82.9 Å². The minimum absolute atomic E-state index is 0.216. The molecule has 0 bridgehead atoms. The Hall–Kier alpha value is -3.74. The van der Waals surface area contributed by atoms with Gasteiger partial charge in [-0.15, -0.1) is 0 Å². The first kappa shape index (κ1) is 18.1. The maximum Gasteiger partial charge on any atom is 0.337 e. The first-order valence-electron chi connectivity index (χ1n) is 8.24. The second-order valence-corrected chi connectivity index (χ2v) is 5.92. The molecule has 0 spiro atoms. The molecule has 3 rings (SSSR count). The Labute approximate surface area is 156 Å². The highest BCUT2D eigenvalue weighted by Crippen LogP contribution is 2.22. The summed E-state index contributed by atoms with van der Waals surface area (Å²) in [5.41, 5.74) is 6.20. The number of nitrogens with zero attached hydrogens (tertiary/aromatic N) is 3. The van der Waals surface area contributed by atoms with Crippen molar-refractivity contribution in [2.24, 2.45) is 5.10 Å². The number of carbonyl (C=O) groups is 2. The number of amides is 1. The van der Waals surface area contributed by atoms with Crippen molar-refractivity contribution in [3.8, 4) is 5.69 Å². The number of benzene rings is 1. The number of aromatic carboxylic acids is 1. The van der Waals surface area contributed by atoms with Crippen LogP contribution in [0.2, 0.25) is 0 Å². The predicted octanol–water partition coefficient (Wildman–Crippen LogP) is 2.95. The van der Waals surface area contributed by atoms with Crippen LogP contribution in [0.1, 0.15) is 37.7 Å². The zero-order valence-corrected chi connectivity index (χ0v) is 14.9. The fraction of sp³-hybridized carbons (Fsp3) is 0.100. The molecule has 7 heteroatoms. The number of carboxylic acid groups (broad SMARTS) is 1. The van der Waals surface area contributed by atoms with Crippen LogP contribution in [0.3, 0.4) is 0 Å². The molecule has 0 aliphatic heterocycles. The normalized spacial score (nSPS) is 10.9. The lowest BCUT2D eigenvalue weighted by atomic mass is 10.1. The first-order valence-corrected chi connectivity index (χ1v) is 8.24. The van der Waals surface area contributed by atoms with E-state index in [0.717, 1.165) is 17.0 Å². The van der Waals surface area contributed by atoms with Gasteiger partial charge < -0.3 is 9.67 Å². The summed E-state index contributed by atoms with van der Waals surface area (Å²) in [6, 6.07) is 11.9. The minimum Gasteiger partial charge on any atom is -0.478 e. The molecule has 3 aromatic rings.